The van der Waals surface area contributed by atoms with Crippen LogP contribution in [0.5, 0.6) is 5.75 Å². The molecule has 16 heavy (non-hydrogen) atoms. The maximum Gasteiger partial charge on any atom is 0.137 e. The Labute approximate surface area is 95.7 Å². The van der Waals surface area contributed by atoms with Gasteiger partial charge in [-0.2, -0.15) is 0 Å². The molecule has 0 unspecified atom stereocenters. The third kappa shape index (κ3) is 2.61. The van der Waals surface area contributed by atoms with Crippen LogP contribution in [0.4, 0.5) is 0 Å². The molecule has 2 aromatic rings. The highest BCUT2D eigenvalue weighted by atomic mass is 16.5. The predicted molar refractivity (Wildman–Crippen MR) is 65.1 cm³/mol. The van der Waals surface area contributed by atoms with Gasteiger partial charge >= 0.3 is 0 Å². The van der Waals surface area contributed by atoms with Gasteiger partial charge in [0.1, 0.15) is 18.9 Å². The van der Waals surface area contributed by atoms with Crippen LogP contribution in [0.1, 0.15) is 0 Å². The molecule has 2 nitrogen and oxygen atoms in total. The average Bonchev–Trinajstić information content (AvgIpc) is 2.38. The number of quaternary nitrogens is 1. The van der Waals surface area contributed by atoms with E-state index in [4.69, 9.17) is 4.74 Å². The fourth-order valence-electron chi connectivity index (χ4n) is 1.56. The minimum Gasteiger partial charge on any atom is -0.488 e. The molecule has 0 amide bonds. The predicted octanol–water partition coefficient (Wildman–Crippen LogP) is 1.97. The summed E-state index contributed by atoms with van der Waals surface area (Å²) in [5.41, 5.74) is 6.18. The van der Waals surface area contributed by atoms with Crippen molar-refractivity contribution in [2.75, 3.05) is 13.2 Å². The number of hydrogen-bond donors (Lipinski definition) is 1. The van der Waals surface area contributed by atoms with Gasteiger partial charge in [-0.05, 0) is 23.3 Å². The van der Waals surface area contributed by atoms with Crippen LogP contribution in [0.15, 0.2) is 54.6 Å². The molecule has 0 aliphatic carbocycles. The Kier molecular flexibility index (Phi) is 3.57. The molecular formula is C14H16NO+. The Morgan fingerprint density at radius 2 is 1.44 bits per heavy atom. The van der Waals surface area contributed by atoms with Crippen LogP contribution in [0.2, 0.25) is 0 Å². The van der Waals surface area contributed by atoms with Gasteiger partial charge in [0, 0.05) is 0 Å². The van der Waals surface area contributed by atoms with Crippen molar-refractivity contribution >= 4 is 0 Å². The summed E-state index contributed by atoms with van der Waals surface area (Å²) in [5.74, 6) is 0.906. The zero-order valence-electron chi connectivity index (χ0n) is 9.23. The second-order valence-electron chi connectivity index (χ2n) is 3.59. The Balaban J connectivity index is 2.13. The number of ether oxygens (including phenoxy) is 1. The van der Waals surface area contributed by atoms with Crippen LogP contribution in [-0.4, -0.2) is 13.2 Å². The first-order chi connectivity index (χ1) is 7.90. The van der Waals surface area contributed by atoms with E-state index in [1.54, 1.807) is 0 Å². The van der Waals surface area contributed by atoms with Gasteiger partial charge in [0.05, 0.1) is 0 Å². The highest BCUT2D eigenvalue weighted by Crippen LogP contribution is 2.21. The van der Waals surface area contributed by atoms with Gasteiger partial charge in [-0.1, -0.05) is 42.5 Å². The normalized spacial score (nSPS) is 10.1. The summed E-state index contributed by atoms with van der Waals surface area (Å²) in [6.45, 7) is 1.46. The molecule has 2 aromatic carbocycles. The van der Waals surface area contributed by atoms with E-state index >= 15 is 0 Å². The van der Waals surface area contributed by atoms with E-state index in [-0.39, 0.29) is 0 Å². The van der Waals surface area contributed by atoms with Gasteiger partial charge in [-0.3, -0.25) is 0 Å². The van der Waals surface area contributed by atoms with Crippen LogP contribution < -0.4 is 10.5 Å². The first-order valence-electron chi connectivity index (χ1n) is 5.47. The lowest BCUT2D eigenvalue weighted by Crippen LogP contribution is -2.52. The Morgan fingerprint density at radius 3 is 2.06 bits per heavy atom. The molecule has 2 heteroatoms. The first-order valence-corrected chi connectivity index (χ1v) is 5.47. The second-order valence-corrected chi connectivity index (χ2v) is 3.59. The molecule has 0 aliphatic rings. The van der Waals surface area contributed by atoms with Gasteiger partial charge < -0.3 is 10.5 Å². The van der Waals surface area contributed by atoms with E-state index in [2.05, 4.69) is 30.0 Å². The van der Waals surface area contributed by atoms with E-state index in [0.29, 0.717) is 6.61 Å². The summed E-state index contributed by atoms with van der Waals surface area (Å²) in [6, 6.07) is 18.5. The van der Waals surface area contributed by atoms with Crippen LogP contribution >= 0.6 is 0 Å². The molecule has 2 rings (SSSR count). The van der Waals surface area contributed by atoms with Crippen LogP contribution in [0.25, 0.3) is 11.1 Å². The van der Waals surface area contributed by atoms with Gasteiger partial charge in [0.2, 0.25) is 0 Å². The van der Waals surface area contributed by atoms with E-state index in [0.717, 1.165) is 12.3 Å². The van der Waals surface area contributed by atoms with E-state index in [1.165, 1.54) is 11.1 Å². The molecule has 0 saturated heterocycles. The molecule has 0 aliphatic heterocycles. The van der Waals surface area contributed by atoms with E-state index in [1.807, 2.05) is 30.3 Å². The van der Waals surface area contributed by atoms with Crippen molar-refractivity contribution in [2.24, 2.45) is 0 Å². The monoisotopic (exact) mass is 214 g/mol. The van der Waals surface area contributed by atoms with Crippen molar-refractivity contribution in [1.29, 1.82) is 0 Å². The highest BCUT2D eigenvalue weighted by molar-refractivity contribution is 5.63. The maximum atomic E-state index is 5.48. The molecule has 0 atom stereocenters. The van der Waals surface area contributed by atoms with Crippen LogP contribution in [0, 0.1) is 0 Å². The fraction of sp³-hybridized carbons (Fsp3) is 0.143. The lowest BCUT2D eigenvalue weighted by Gasteiger charge is -2.05. The molecule has 0 radical (unpaired) electrons. The lowest BCUT2D eigenvalue weighted by atomic mass is 10.1. The second kappa shape index (κ2) is 5.33. The van der Waals surface area contributed by atoms with Crippen molar-refractivity contribution < 1.29 is 10.5 Å². The average molecular weight is 214 g/mol. The minimum absolute atomic E-state index is 0.671. The van der Waals surface area contributed by atoms with Crippen molar-refractivity contribution in [1.82, 2.24) is 0 Å². The molecule has 0 aromatic heterocycles. The van der Waals surface area contributed by atoms with Gasteiger partial charge in [0.25, 0.3) is 0 Å². The largest absolute Gasteiger partial charge is 0.488 e. The minimum atomic E-state index is 0.671. The van der Waals surface area contributed by atoms with Crippen molar-refractivity contribution in [2.45, 2.75) is 0 Å². The summed E-state index contributed by atoms with van der Waals surface area (Å²) in [5, 5.41) is 0. The van der Waals surface area contributed by atoms with E-state index < -0.39 is 0 Å². The van der Waals surface area contributed by atoms with Crippen molar-refractivity contribution in [3.63, 3.8) is 0 Å². The van der Waals surface area contributed by atoms with Gasteiger partial charge in [-0.15, -0.1) is 0 Å². The third-order valence-electron chi connectivity index (χ3n) is 2.37. The third-order valence-corrected chi connectivity index (χ3v) is 2.37. The van der Waals surface area contributed by atoms with Crippen LogP contribution in [0.3, 0.4) is 0 Å². The highest BCUT2D eigenvalue weighted by Gasteiger charge is 1.97. The molecule has 3 N–H and O–H groups in total. The number of rotatable bonds is 4. The summed E-state index contributed by atoms with van der Waals surface area (Å²) >= 11 is 0. The molecule has 0 spiro atoms. The lowest BCUT2D eigenvalue weighted by molar-refractivity contribution is -0.370. The SMILES string of the molecule is [NH3+]CCOc1ccc(-c2ccccc2)cc1. The molecule has 82 valence electrons. The first kappa shape index (κ1) is 10.7. The van der Waals surface area contributed by atoms with Crippen molar-refractivity contribution in [3.05, 3.63) is 54.6 Å². The molecule has 0 fully saturated rings. The summed E-state index contributed by atoms with van der Waals surface area (Å²) in [7, 11) is 0. The Morgan fingerprint density at radius 1 is 0.812 bits per heavy atom. The van der Waals surface area contributed by atoms with E-state index in [9.17, 15) is 0 Å². The van der Waals surface area contributed by atoms with Gasteiger partial charge in [-0.25, -0.2) is 0 Å². The molecule has 0 saturated carbocycles. The van der Waals surface area contributed by atoms with Crippen molar-refractivity contribution in [3.8, 4) is 16.9 Å². The number of benzene rings is 2. The molecular weight excluding hydrogens is 198 g/mol. The molecule has 0 bridgehead atoms. The quantitative estimate of drug-likeness (QED) is 0.830. The molecule has 0 heterocycles. The summed E-state index contributed by atoms with van der Waals surface area (Å²) in [6.07, 6.45) is 0. The Bertz CT molecular complexity index is 422. The number of hydrogen-bond acceptors (Lipinski definition) is 1. The smallest absolute Gasteiger partial charge is 0.137 e. The van der Waals surface area contributed by atoms with Gasteiger partial charge in [0.15, 0.2) is 0 Å². The maximum absolute atomic E-state index is 5.48. The topological polar surface area (TPSA) is 36.9 Å². The zero-order chi connectivity index (χ0) is 11.2. The Hall–Kier alpha value is -1.80. The summed E-state index contributed by atoms with van der Waals surface area (Å²) in [4.78, 5) is 0. The summed E-state index contributed by atoms with van der Waals surface area (Å²) < 4.78 is 5.48. The van der Waals surface area contributed by atoms with Crippen LogP contribution in [-0.2, 0) is 0 Å². The zero-order valence-corrected chi connectivity index (χ0v) is 9.23. The fourth-order valence-corrected chi connectivity index (χ4v) is 1.56. The standard InChI is InChI=1S/C14H15NO/c15-10-11-16-14-8-6-13(7-9-14)12-4-2-1-3-5-12/h1-9H,10-11,15H2/p+1.